The van der Waals surface area contributed by atoms with Crippen LogP contribution in [0.2, 0.25) is 0 Å². The van der Waals surface area contributed by atoms with Gasteiger partial charge in [-0.15, -0.1) is 0 Å². The van der Waals surface area contributed by atoms with Gasteiger partial charge < -0.3 is 10.4 Å². The van der Waals surface area contributed by atoms with E-state index in [1.165, 1.54) is 0 Å². The molecular weight excluding hydrogens is 278 g/mol. The third-order valence-corrected chi connectivity index (χ3v) is 3.55. The minimum atomic E-state index is -1.02. The highest BCUT2D eigenvalue weighted by atomic mass is 16.4. The number of carboxylic acids is 1. The van der Waals surface area contributed by atoms with Gasteiger partial charge in [-0.25, -0.2) is 4.79 Å². The Morgan fingerprint density at radius 1 is 0.955 bits per heavy atom. The van der Waals surface area contributed by atoms with Gasteiger partial charge in [0, 0.05) is 0 Å². The molecule has 0 radical (unpaired) electrons. The van der Waals surface area contributed by atoms with Gasteiger partial charge in [0.25, 0.3) is 0 Å². The Kier molecular flexibility index (Phi) is 5.31. The molecule has 0 fully saturated rings. The Hall–Kier alpha value is -2.62. The number of amides is 1. The zero-order chi connectivity index (χ0) is 15.9. The molecule has 1 unspecified atom stereocenters. The first-order valence-electron chi connectivity index (χ1n) is 7.26. The van der Waals surface area contributed by atoms with Crippen molar-refractivity contribution in [2.75, 3.05) is 0 Å². The fourth-order valence-corrected chi connectivity index (χ4v) is 2.38. The van der Waals surface area contributed by atoms with Gasteiger partial charge >= 0.3 is 5.97 Å². The van der Waals surface area contributed by atoms with Crippen LogP contribution in [0.1, 0.15) is 30.4 Å². The van der Waals surface area contributed by atoms with E-state index in [-0.39, 0.29) is 5.91 Å². The standard InChI is InChI=1S/C18H19NO3/c1-2-15(18(21)22)19-17(20)16(13-9-5-3-6-10-13)14-11-7-4-8-12-14/h3-12,15-16H,2H2,1H3,(H,19,20)(H,21,22). The Labute approximate surface area is 129 Å². The summed E-state index contributed by atoms with van der Waals surface area (Å²) in [5, 5.41) is 11.8. The highest BCUT2D eigenvalue weighted by molar-refractivity contribution is 5.90. The fraction of sp³-hybridized carbons (Fsp3) is 0.222. The lowest BCUT2D eigenvalue weighted by Gasteiger charge is -2.20. The molecule has 0 saturated heterocycles. The van der Waals surface area contributed by atoms with Crippen LogP contribution in [0.15, 0.2) is 60.7 Å². The van der Waals surface area contributed by atoms with E-state index < -0.39 is 17.9 Å². The van der Waals surface area contributed by atoms with Gasteiger partial charge in [-0.3, -0.25) is 4.79 Å². The zero-order valence-electron chi connectivity index (χ0n) is 12.4. The van der Waals surface area contributed by atoms with Gasteiger partial charge in [-0.1, -0.05) is 67.6 Å². The Morgan fingerprint density at radius 2 is 1.41 bits per heavy atom. The van der Waals surface area contributed by atoms with E-state index in [2.05, 4.69) is 5.32 Å². The first-order valence-corrected chi connectivity index (χ1v) is 7.26. The smallest absolute Gasteiger partial charge is 0.326 e. The Balaban J connectivity index is 2.33. The van der Waals surface area contributed by atoms with E-state index in [4.69, 9.17) is 5.11 Å². The quantitative estimate of drug-likeness (QED) is 0.861. The molecule has 114 valence electrons. The molecule has 2 aromatic rings. The number of hydrogen-bond donors (Lipinski definition) is 2. The molecule has 0 saturated carbocycles. The summed E-state index contributed by atoms with van der Waals surface area (Å²) in [5.41, 5.74) is 1.68. The van der Waals surface area contributed by atoms with E-state index >= 15 is 0 Å². The van der Waals surface area contributed by atoms with Gasteiger partial charge in [0.2, 0.25) is 5.91 Å². The minimum absolute atomic E-state index is 0.299. The molecular formula is C18H19NO3. The van der Waals surface area contributed by atoms with Crippen LogP contribution in [0.25, 0.3) is 0 Å². The van der Waals surface area contributed by atoms with Crippen molar-refractivity contribution in [1.82, 2.24) is 5.32 Å². The molecule has 0 aliphatic carbocycles. The molecule has 4 nitrogen and oxygen atoms in total. The second-order valence-electron chi connectivity index (χ2n) is 5.06. The molecule has 0 aliphatic heterocycles. The molecule has 0 aromatic heterocycles. The van der Waals surface area contributed by atoms with E-state index in [1.807, 2.05) is 60.7 Å². The number of carboxylic acid groups (broad SMARTS) is 1. The van der Waals surface area contributed by atoms with Crippen molar-refractivity contribution in [3.63, 3.8) is 0 Å². The van der Waals surface area contributed by atoms with Gasteiger partial charge in [0.15, 0.2) is 0 Å². The first kappa shape index (κ1) is 15.8. The fourth-order valence-electron chi connectivity index (χ4n) is 2.38. The summed E-state index contributed by atoms with van der Waals surface area (Å²) in [7, 11) is 0. The summed E-state index contributed by atoms with van der Waals surface area (Å²) >= 11 is 0. The lowest BCUT2D eigenvalue weighted by molar-refractivity contribution is -0.142. The predicted molar refractivity (Wildman–Crippen MR) is 84.6 cm³/mol. The lowest BCUT2D eigenvalue weighted by atomic mass is 9.90. The van der Waals surface area contributed by atoms with E-state index in [1.54, 1.807) is 6.92 Å². The first-order chi connectivity index (χ1) is 10.6. The number of carbonyl (C=O) groups excluding carboxylic acids is 1. The van der Waals surface area contributed by atoms with Crippen LogP contribution in [0.3, 0.4) is 0 Å². The summed E-state index contributed by atoms with van der Waals surface area (Å²) in [5.74, 6) is -1.84. The summed E-state index contributed by atoms with van der Waals surface area (Å²) in [4.78, 5) is 23.8. The molecule has 22 heavy (non-hydrogen) atoms. The van der Waals surface area contributed by atoms with Gasteiger partial charge in [0.1, 0.15) is 6.04 Å². The number of aliphatic carboxylic acids is 1. The zero-order valence-corrected chi connectivity index (χ0v) is 12.4. The molecule has 0 heterocycles. The number of rotatable bonds is 6. The Morgan fingerprint density at radius 3 is 1.77 bits per heavy atom. The number of nitrogens with one attached hydrogen (secondary N) is 1. The van der Waals surface area contributed by atoms with Crippen molar-refractivity contribution in [2.24, 2.45) is 0 Å². The maximum Gasteiger partial charge on any atom is 0.326 e. The highest BCUT2D eigenvalue weighted by Crippen LogP contribution is 2.24. The SMILES string of the molecule is CCC(NC(=O)C(c1ccccc1)c1ccccc1)C(=O)O. The summed E-state index contributed by atoms with van der Waals surface area (Å²) < 4.78 is 0. The van der Waals surface area contributed by atoms with Crippen molar-refractivity contribution in [3.8, 4) is 0 Å². The third kappa shape index (κ3) is 3.73. The molecule has 2 aromatic carbocycles. The molecule has 0 aliphatic rings. The largest absolute Gasteiger partial charge is 0.480 e. The van der Waals surface area contributed by atoms with Gasteiger partial charge in [-0.2, -0.15) is 0 Å². The number of hydrogen-bond acceptors (Lipinski definition) is 2. The molecule has 0 bridgehead atoms. The van der Waals surface area contributed by atoms with Crippen LogP contribution in [0, 0.1) is 0 Å². The van der Waals surface area contributed by atoms with Crippen LogP contribution in [0.5, 0.6) is 0 Å². The van der Waals surface area contributed by atoms with Gasteiger partial charge in [-0.05, 0) is 17.5 Å². The second kappa shape index (κ2) is 7.41. The Bertz CT molecular complexity index is 586. The monoisotopic (exact) mass is 297 g/mol. The van der Waals surface area contributed by atoms with Crippen molar-refractivity contribution < 1.29 is 14.7 Å². The maximum atomic E-state index is 12.6. The summed E-state index contributed by atoms with van der Waals surface area (Å²) in [6, 6.07) is 17.9. The molecule has 0 spiro atoms. The average Bonchev–Trinajstić information content (AvgIpc) is 2.54. The second-order valence-corrected chi connectivity index (χ2v) is 5.06. The summed E-state index contributed by atoms with van der Waals surface area (Å²) in [6.07, 6.45) is 0.345. The van der Waals surface area contributed by atoms with Crippen LogP contribution >= 0.6 is 0 Å². The van der Waals surface area contributed by atoms with Crippen LogP contribution < -0.4 is 5.32 Å². The molecule has 2 rings (SSSR count). The van der Waals surface area contributed by atoms with Crippen molar-refractivity contribution in [3.05, 3.63) is 71.8 Å². The maximum absolute atomic E-state index is 12.6. The van der Waals surface area contributed by atoms with Crippen molar-refractivity contribution in [1.29, 1.82) is 0 Å². The van der Waals surface area contributed by atoms with Crippen molar-refractivity contribution >= 4 is 11.9 Å². The summed E-state index contributed by atoms with van der Waals surface area (Å²) in [6.45, 7) is 1.74. The number of benzene rings is 2. The normalized spacial score (nSPS) is 11.9. The van der Waals surface area contributed by atoms with Crippen molar-refractivity contribution in [2.45, 2.75) is 25.3 Å². The third-order valence-electron chi connectivity index (χ3n) is 3.55. The molecule has 4 heteroatoms. The molecule has 2 N–H and O–H groups in total. The average molecular weight is 297 g/mol. The lowest BCUT2D eigenvalue weighted by Crippen LogP contribution is -2.42. The van der Waals surface area contributed by atoms with Crippen LogP contribution in [-0.4, -0.2) is 23.0 Å². The molecule has 1 atom stereocenters. The van der Waals surface area contributed by atoms with E-state index in [9.17, 15) is 9.59 Å². The van der Waals surface area contributed by atoms with Gasteiger partial charge in [0.05, 0.1) is 5.92 Å². The van der Waals surface area contributed by atoms with Crippen LogP contribution in [0.4, 0.5) is 0 Å². The number of carbonyl (C=O) groups is 2. The molecule has 1 amide bonds. The van der Waals surface area contributed by atoms with E-state index in [0.29, 0.717) is 6.42 Å². The predicted octanol–water partition coefficient (Wildman–Crippen LogP) is 2.80. The highest BCUT2D eigenvalue weighted by Gasteiger charge is 2.26. The minimum Gasteiger partial charge on any atom is -0.480 e. The van der Waals surface area contributed by atoms with Crippen LogP contribution in [-0.2, 0) is 9.59 Å². The van der Waals surface area contributed by atoms with E-state index in [0.717, 1.165) is 11.1 Å². The topological polar surface area (TPSA) is 66.4 Å².